The normalized spacial score (nSPS) is 10.8. The maximum absolute atomic E-state index is 5.42. The van der Waals surface area contributed by atoms with Crippen LogP contribution in [0.2, 0.25) is 0 Å². The molecule has 20 heavy (non-hydrogen) atoms. The summed E-state index contributed by atoms with van der Waals surface area (Å²) in [6.45, 7) is 0.271. The predicted octanol–water partition coefficient (Wildman–Crippen LogP) is 2.01. The van der Waals surface area contributed by atoms with Crippen LogP contribution in [-0.2, 0) is 12.3 Å². The van der Waals surface area contributed by atoms with Crippen LogP contribution in [0.25, 0.3) is 5.69 Å². The van der Waals surface area contributed by atoms with Gasteiger partial charge in [0.2, 0.25) is 5.89 Å². The molecule has 0 unspecified atom stereocenters. The van der Waals surface area contributed by atoms with Crippen LogP contribution < -0.4 is 5.73 Å². The highest BCUT2D eigenvalue weighted by Gasteiger charge is 2.05. The molecule has 1 aromatic carbocycles. The van der Waals surface area contributed by atoms with E-state index in [4.69, 9.17) is 10.2 Å². The first-order chi connectivity index (χ1) is 9.85. The minimum absolute atomic E-state index is 0.271. The highest BCUT2D eigenvalue weighted by molar-refractivity contribution is 7.98. The van der Waals surface area contributed by atoms with E-state index in [9.17, 15) is 0 Å². The van der Waals surface area contributed by atoms with Crippen molar-refractivity contribution >= 4 is 11.8 Å². The predicted molar refractivity (Wildman–Crippen MR) is 75.3 cm³/mol. The molecule has 0 saturated carbocycles. The molecule has 0 spiro atoms. The number of nitrogens with two attached hydrogens (primary N) is 1. The Hall–Kier alpha value is -2.12. The largest absolute Gasteiger partial charge is 0.415 e. The van der Waals surface area contributed by atoms with Crippen LogP contribution in [0.3, 0.4) is 0 Å². The lowest BCUT2D eigenvalue weighted by molar-refractivity contribution is 0.415. The van der Waals surface area contributed by atoms with Crippen molar-refractivity contribution in [2.24, 2.45) is 5.73 Å². The van der Waals surface area contributed by atoms with Crippen LogP contribution >= 0.6 is 11.8 Å². The molecule has 2 heterocycles. The van der Waals surface area contributed by atoms with Crippen LogP contribution in [0, 0.1) is 0 Å². The van der Waals surface area contributed by atoms with Gasteiger partial charge in [-0.05, 0) is 17.7 Å². The van der Waals surface area contributed by atoms with Gasteiger partial charge in [0.1, 0.15) is 0 Å². The third kappa shape index (κ3) is 2.89. The van der Waals surface area contributed by atoms with E-state index in [-0.39, 0.29) is 6.54 Å². The van der Waals surface area contributed by atoms with Gasteiger partial charge in [-0.2, -0.15) is 0 Å². The summed E-state index contributed by atoms with van der Waals surface area (Å²) in [5.74, 6) is 1.24. The van der Waals surface area contributed by atoms with Gasteiger partial charge in [-0.1, -0.05) is 23.9 Å². The topological polar surface area (TPSA) is 82.8 Å². The molecule has 7 heteroatoms. The highest BCUT2D eigenvalue weighted by atomic mass is 32.2. The molecule has 102 valence electrons. The summed E-state index contributed by atoms with van der Waals surface area (Å²) in [7, 11) is 0. The van der Waals surface area contributed by atoms with Crippen molar-refractivity contribution in [2.75, 3.05) is 0 Å². The Bertz CT molecular complexity index is 662. The second-order valence-corrected chi connectivity index (χ2v) is 5.02. The van der Waals surface area contributed by atoms with Crippen LogP contribution in [0.5, 0.6) is 0 Å². The maximum atomic E-state index is 5.42. The second-order valence-electron chi connectivity index (χ2n) is 4.09. The SMILES string of the molecule is NCc1nnc(SCc2ccc(-n3ccnc3)cc2)o1. The smallest absolute Gasteiger partial charge is 0.276 e. The fourth-order valence-corrected chi connectivity index (χ4v) is 2.44. The maximum Gasteiger partial charge on any atom is 0.276 e. The zero-order valence-corrected chi connectivity index (χ0v) is 11.5. The molecule has 0 aliphatic heterocycles. The first-order valence-corrected chi connectivity index (χ1v) is 7.06. The van der Waals surface area contributed by atoms with Crippen molar-refractivity contribution in [3.05, 3.63) is 54.4 Å². The van der Waals surface area contributed by atoms with E-state index in [0.717, 1.165) is 11.4 Å². The van der Waals surface area contributed by atoms with Gasteiger partial charge in [0.05, 0.1) is 12.9 Å². The molecule has 0 amide bonds. The van der Waals surface area contributed by atoms with E-state index in [0.29, 0.717) is 11.1 Å². The van der Waals surface area contributed by atoms with Crippen LogP contribution in [0.15, 0.2) is 52.6 Å². The molecule has 0 aliphatic carbocycles. The summed E-state index contributed by atoms with van der Waals surface area (Å²) < 4.78 is 7.30. The average Bonchev–Trinajstić information content (AvgIpc) is 3.17. The monoisotopic (exact) mass is 287 g/mol. The molecule has 2 N–H and O–H groups in total. The molecule has 6 nitrogen and oxygen atoms in total. The minimum atomic E-state index is 0.271. The summed E-state index contributed by atoms with van der Waals surface area (Å²) in [6, 6.07) is 8.25. The molecule has 3 aromatic rings. The first-order valence-electron chi connectivity index (χ1n) is 6.07. The summed E-state index contributed by atoms with van der Waals surface area (Å²) in [5, 5.41) is 8.28. The van der Waals surface area contributed by atoms with Crippen LogP contribution in [0.1, 0.15) is 11.5 Å². The number of thioether (sulfide) groups is 1. The number of aromatic nitrogens is 4. The molecule has 2 aromatic heterocycles. The lowest BCUT2D eigenvalue weighted by atomic mass is 10.2. The average molecular weight is 287 g/mol. The van der Waals surface area contributed by atoms with E-state index >= 15 is 0 Å². The van der Waals surface area contributed by atoms with E-state index in [1.165, 1.54) is 17.3 Å². The van der Waals surface area contributed by atoms with Crippen molar-refractivity contribution < 1.29 is 4.42 Å². The van der Waals surface area contributed by atoms with Crippen molar-refractivity contribution in [3.63, 3.8) is 0 Å². The standard InChI is InChI=1S/C13H13N5OS/c14-7-12-16-17-13(19-12)20-8-10-1-3-11(4-2-10)18-6-5-15-9-18/h1-6,9H,7-8,14H2. The molecule has 0 bridgehead atoms. The van der Waals surface area contributed by atoms with Gasteiger partial charge < -0.3 is 14.7 Å². The third-order valence-corrected chi connectivity index (χ3v) is 3.61. The Morgan fingerprint density at radius 3 is 2.70 bits per heavy atom. The molecule has 0 atom stereocenters. The summed E-state index contributed by atoms with van der Waals surface area (Å²) in [4.78, 5) is 4.03. The number of hydrogen-bond donors (Lipinski definition) is 1. The van der Waals surface area contributed by atoms with E-state index in [1.807, 2.05) is 10.8 Å². The zero-order chi connectivity index (χ0) is 13.8. The fourth-order valence-electron chi connectivity index (χ4n) is 1.70. The van der Waals surface area contributed by atoms with E-state index < -0.39 is 0 Å². The highest BCUT2D eigenvalue weighted by Crippen LogP contribution is 2.22. The number of benzene rings is 1. The van der Waals surface area contributed by atoms with Gasteiger partial charge in [0.15, 0.2) is 0 Å². The Kier molecular flexibility index (Phi) is 3.80. The van der Waals surface area contributed by atoms with Gasteiger partial charge in [-0.3, -0.25) is 0 Å². The Morgan fingerprint density at radius 2 is 2.05 bits per heavy atom. The fraction of sp³-hybridized carbons (Fsp3) is 0.154. The summed E-state index contributed by atoms with van der Waals surface area (Å²) in [6.07, 6.45) is 5.45. The van der Waals surface area contributed by atoms with Crippen LogP contribution in [-0.4, -0.2) is 19.7 Å². The molecule has 0 radical (unpaired) electrons. The molecule has 0 aliphatic rings. The van der Waals surface area contributed by atoms with Gasteiger partial charge >= 0.3 is 0 Å². The quantitative estimate of drug-likeness (QED) is 0.723. The lowest BCUT2D eigenvalue weighted by Gasteiger charge is -2.03. The summed E-state index contributed by atoms with van der Waals surface area (Å²) in [5.41, 5.74) is 7.69. The van der Waals surface area contributed by atoms with Gasteiger partial charge in [0.25, 0.3) is 5.22 Å². The molecule has 0 saturated heterocycles. The van der Waals surface area contributed by atoms with Gasteiger partial charge in [-0.25, -0.2) is 4.98 Å². The van der Waals surface area contributed by atoms with E-state index in [2.05, 4.69) is 39.4 Å². The number of rotatable bonds is 5. The second kappa shape index (κ2) is 5.89. The summed E-state index contributed by atoms with van der Waals surface area (Å²) >= 11 is 1.50. The van der Waals surface area contributed by atoms with Gasteiger partial charge in [-0.15, -0.1) is 10.2 Å². The molecule has 3 rings (SSSR count). The number of imidazole rings is 1. The zero-order valence-electron chi connectivity index (χ0n) is 10.6. The van der Waals surface area contributed by atoms with Crippen molar-refractivity contribution in [2.45, 2.75) is 17.5 Å². The van der Waals surface area contributed by atoms with Crippen LogP contribution in [0.4, 0.5) is 0 Å². The number of nitrogens with zero attached hydrogens (tertiary/aromatic N) is 4. The third-order valence-electron chi connectivity index (χ3n) is 2.72. The molecular formula is C13H13N5OS. The Labute approximate surface area is 120 Å². The Morgan fingerprint density at radius 1 is 1.20 bits per heavy atom. The van der Waals surface area contributed by atoms with Crippen molar-refractivity contribution in [1.29, 1.82) is 0 Å². The van der Waals surface area contributed by atoms with Crippen molar-refractivity contribution in [1.82, 2.24) is 19.7 Å². The lowest BCUT2D eigenvalue weighted by Crippen LogP contribution is -1.95. The minimum Gasteiger partial charge on any atom is -0.415 e. The molecule has 0 fully saturated rings. The number of hydrogen-bond acceptors (Lipinski definition) is 6. The first kappa shape index (κ1) is 12.9. The van der Waals surface area contributed by atoms with Crippen molar-refractivity contribution in [3.8, 4) is 5.69 Å². The Balaban J connectivity index is 1.63. The molecular weight excluding hydrogens is 274 g/mol. The van der Waals surface area contributed by atoms with Gasteiger partial charge in [0, 0.05) is 23.8 Å². The van der Waals surface area contributed by atoms with E-state index in [1.54, 1.807) is 12.5 Å².